The molecule has 0 saturated heterocycles. The minimum atomic E-state index is -0.320. The highest BCUT2D eigenvalue weighted by Crippen LogP contribution is 2.49. The summed E-state index contributed by atoms with van der Waals surface area (Å²) in [6.45, 7) is -0.320. The molecule has 7 heterocycles. The highest BCUT2D eigenvalue weighted by atomic mass is 16.5. The van der Waals surface area contributed by atoms with E-state index >= 15 is 0 Å². The van der Waals surface area contributed by atoms with Gasteiger partial charge in [-0.2, -0.15) is 0 Å². The molecule has 0 aliphatic carbocycles. The Morgan fingerprint density at radius 1 is 0.202 bits per heavy atom. The van der Waals surface area contributed by atoms with Gasteiger partial charge in [0.1, 0.15) is 11.5 Å². The van der Waals surface area contributed by atoms with E-state index in [1.807, 2.05) is 0 Å². The van der Waals surface area contributed by atoms with Crippen molar-refractivity contribution in [3.05, 3.63) is 376 Å². The molecule has 0 unspecified atom stereocenters. The zero-order valence-corrected chi connectivity index (χ0v) is 59.0. The zero-order valence-electron chi connectivity index (χ0n) is 59.0. The number of ether oxygens (including phenoxy) is 1. The average molecular weight is 1380 g/mol. The Balaban J connectivity index is 0.812. The maximum Gasteiger partial charge on any atom is 0.256 e. The number of fused-ring (bicyclic) bond motifs is 19. The van der Waals surface area contributed by atoms with Crippen LogP contribution in [0.5, 0.6) is 11.5 Å². The Labute approximate surface area is 627 Å². The first-order valence-electron chi connectivity index (χ1n) is 37.7. The quantitative estimate of drug-likeness (QED) is 0.133. The summed E-state index contributed by atoms with van der Waals surface area (Å²) < 4.78 is 20.5. The third kappa shape index (κ3) is 8.69. The first kappa shape index (κ1) is 59.9. The van der Waals surface area contributed by atoms with Crippen molar-refractivity contribution in [2.75, 3.05) is 0 Å². The minimum absolute atomic E-state index is 0.320. The van der Waals surface area contributed by atoms with Crippen molar-refractivity contribution in [1.29, 1.82) is 0 Å². The topological polar surface area (TPSA) is 33.9 Å². The fourth-order valence-corrected chi connectivity index (χ4v) is 19.1. The van der Waals surface area contributed by atoms with Gasteiger partial charge in [0.15, 0.2) is 0 Å². The van der Waals surface area contributed by atoms with Crippen LogP contribution in [-0.2, 0) is 0 Å². The second-order valence-electron chi connectivity index (χ2n) is 29.4. The Hall–Kier alpha value is -14.4. The monoisotopic (exact) mass is 1380 g/mol. The molecule has 504 valence electrons. The van der Waals surface area contributed by atoms with Crippen molar-refractivity contribution in [2.45, 2.75) is 0 Å². The molecule has 6 nitrogen and oxygen atoms in total. The lowest BCUT2D eigenvalue weighted by Gasteiger charge is -2.35. The van der Waals surface area contributed by atoms with Gasteiger partial charge in [-0.15, -0.1) is 0 Å². The number of rotatable bonds is 9. The minimum Gasteiger partial charge on any atom is -0.458 e. The van der Waals surface area contributed by atoms with E-state index in [4.69, 9.17) is 4.74 Å². The molecular formula is C102H62BN5O. The molecule has 0 spiro atoms. The van der Waals surface area contributed by atoms with E-state index in [1.165, 1.54) is 81.7 Å². The summed E-state index contributed by atoms with van der Waals surface area (Å²) >= 11 is 0. The summed E-state index contributed by atoms with van der Waals surface area (Å²) in [6, 6.07) is 140. The molecule has 2 aliphatic heterocycles. The van der Waals surface area contributed by atoms with Gasteiger partial charge in [-0.25, -0.2) is 0 Å². The largest absolute Gasteiger partial charge is 0.458 e. The standard InChI is InChI=1S/C102H62BN5O/c1-4-26-63(27-5-1)66-56-98-100-99(57-66)109-102-86(75-35-13-12-33-73(75)65-30-8-3-9-31-65)54-67(74-34-11-10-32-72(74)64-28-6-2-7-29-64)55-88(102)103(100)87-62-71(107-94-47-25-19-41-81(94)83-59-69(49-52-96(83)107)105-91-44-22-16-38-78(91)79-39-17-23-45-92(79)105)61-85-84-60-70(50-53-97(84)108(98)101(85)87)106-93-46-24-18-40-80(93)82-58-68(48-51-95(82)106)104-89-42-20-14-36-76(89)77-37-15-21-43-90(77)104/h1-62H. The van der Waals surface area contributed by atoms with Crippen molar-refractivity contribution in [2.24, 2.45) is 0 Å². The Morgan fingerprint density at radius 3 is 1.02 bits per heavy atom. The second kappa shape index (κ2) is 23.1. The van der Waals surface area contributed by atoms with E-state index in [9.17, 15) is 0 Å². The summed E-state index contributed by atoms with van der Waals surface area (Å²) in [7, 11) is 0. The molecule has 109 heavy (non-hydrogen) atoms. The van der Waals surface area contributed by atoms with Crippen molar-refractivity contribution < 1.29 is 4.74 Å². The van der Waals surface area contributed by atoms with E-state index < -0.39 is 0 Å². The van der Waals surface area contributed by atoms with E-state index in [0.29, 0.717) is 0 Å². The predicted molar refractivity (Wildman–Crippen MR) is 456 cm³/mol. The smallest absolute Gasteiger partial charge is 0.256 e. The van der Waals surface area contributed by atoms with Crippen LogP contribution in [-0.4, -0.2) is 29.5 Å². The molecule has 0 N–H and O–H groups in total. The maximum atomic E-state index is 7.98. The van der Waals surface area contributed by atoms with Crippen molar-refractivity contribution >= 4 is 132 Å². The molecule has 0 atom stereocenters. The number of benzene rings is 17. The first-order chi connectivity index (χ1) is 54.1. The molecule has 2 aliphatic rings. The van der Waals surface area contributed by atoms with Crippen LogP contribution < -0.4 is 21.1 Å². The molecule has 5 aromatic heterocycles. The van der Waals surface area contributed by atoms with Gasteiger partial charge >= 0.3 is 0 Å². The van der Waals surface area contributed by atoms with E-state index in [2.05, 4.69) is 399 Å². The lowest BCUT2D eigenvalue weighted by atomic mass is 9.34. The number of aromatic nitrogens is 5. The van der Waals surface area contributed by atoms with Crippen LogP contribution in [0.15, 0.2) is 376 Å². The van der Waals surface area contributed by atoms with E-state index in [1.54, 1.807) is 0 Å². The summed E-state index contributed by atoms with van der Waals surface area (Å²) in [5, 5.41) is 12.0. The highest BCUT2D eigenvalue weighted by molar-refractivity contribution is 6.99. The van der Waals surface area contributed by atoms with Gasteiger partial charge in [-0.1, -0.05) is 255 Å². The van der Waals surface area contributed by atoms with Gasteiger partial charge < -0.3 is 27.6 Å². The van der Waals surface area contributed by atoms with Crippen molar-refractivity contribution in [3.63, 3.8) is 0 Å². The molecular weight excluding hydrogens is 1320 g/mol. The van der Waals surface area contributed by atoms with Gasteiger partial charge in [-0.05, 0) is 188 Å². The molecule has 0 fully saturated rings. The highest BCUT2D eigenvalue weighted by Gasteiger charge is 2.43. The van der Waals surface area contributed by atoms with E-state index in [0.717, 1.165) is 139 Å². The van der Waals surface area contributed by atoms with Crippen molar-refractivity contribution in [3.8, 4) is 95.6 Å². The molecule has 7 heteroatoms. The normalized spacial score (nSPS) is 12.5. The molecule has 0 bridgehead atoms. The number of hydrogen-bond acceptors (Lipinski definition) is 1. The van der Waals surface area contributed by atoms with Crippen LogP contribution in [0.4, 0.5) is 0 Å². The Morgan fingerprint density at radius 2 is 0.550 bits per heavy atom. The Bertz CT molecular complexity index is 7530. The molecule has 22 aromatic rings. The fourth-order valence-electron chi connectivity index (χ4n) is 19.1. The van der Waals surface area contributed by atoms with Crippen LogP contribution in [0.3, 0.4) is 0 Å². The van der Waals surface area contributed by atoms with Gasteiger partial charge in [0, 0.05) is 93.4 Å². The third-order valence-electron chi connectivity index (χ3n) is 23.7. The lowest BCUT2D eigenvalue weighted by molar-refractivity contribution is 0.489. The Kier molecular flexibility index (Phi) is 12.7. The first-order valence-corrected chi connectivity index (χ1v) is 37.7. The summed E-state index contributed by atoms with van der Waals surface area (Å²) in [4.78, 5) is 0. The van der Waals surface area contributed by atoms with Crippen LogP contribution in [0.25, 0.3) is 193 Å². The molecule has 17 aromatic carbocycles. The molecule has 0 radical (unpaired) electrons. The van der Waals surface area contributed by atoms with Crippen LogP contribution >= 0.6 is 0 Å². The van der Waals surface area contributed by atoms with Gasteiger partial charge in [0.2, 0.25) is 0 Å². The van der Waals surface area contributed by atoms with Crippen LogP contribution in [0.1, 0.15) is 0 Å². The van der Waals surface area contributed by atoms with Gasteiger partial charge in [-0.3, -0.25) is 0 Å². The predicted octanol–water partition coefficient (Wildman–Crippen LogP) is 24.4. The third-order valence-corrected chi connectivity index (χ3v) is 23.7. The summed E-state index contributed by atoms with van der Waals surface area (Å²) in [5.74, 6) is 1.69. The van der Waals surface area contributed by atoms with E-state index in [-0.39, 0.29) is 6.71 Å². The summed E-state index contributed by atoms with van der Waals surface area (Å²) in [6.07, 6.45) is 0. The SMILES string of the molecule is c1ccc(-c2cc3c4c(c2)-n2c5ccc(-n6c7ccccc7c7cc(-n8c9ccccc9c9ccccc98)ccc76)cc5c5cc(-n6c7ccccc7c7cc(-n8c9ccccc9c9ccccc98)ccc76)cc(c52)B4c2cc(-c4ccccc4-c4ccccc4)cc(-c4ccccc4-c4ccccc4)c2O3)cc1. The van der Waals surface area contributed by atoms with Gasteiger partial charge in [0.25, 0.3) is 6.71 Å². The second-order valence-corrected chi connectivity index (χ2v) is 29.4. The fraction of sp³-hybridized carbons (Fsp3) is 0. The number of hydrogen-bond donors (Lipinski definition) is 0. The van der Waals surface area contributed by atoms with Crippen LogP contribution in [0, 0.1) is 0 Å². The zero-order chi connectivity index (χ0) is 71.1. The lowest BCUT2D eigenvalue weighted by Crippen LogP contribution is -2.58. The number of nitrogens with zero attached hydrogens (tertiary/aromatic N) is 5. The average Bonchev–Trinajstić information content (AvgIpc) is 1.61. The maximum absolute atomic E-state index is 7.98. The molecule has 0 amide bonds. The van der Waals surface area contributed by atoms with Crippen molar-refractivity contribution in [1.82, 2.24) is 22.8 Å². The number of para-hydroxylation sites is 6. The molecule has 0 saturated carbocycles. The van der Waals surface area contributed by atoms with Crippen LogP contribution in [0.2, 0.25) is 0 Å². The molecule has 24 rings (SSSR count). The summed E-state index contributed by atoms with van der Waals surface area (Å²) in [5.41, 5.74) is 31.7. The van der Waals surface area contributed by atoms with Gasteiger partial charge in [0.05, 0.1) is 49.7 Å².